The van der Waals surface area contributed by atoms with Gasteiger partial charge in [-0.3, -0.25) is 0 Å². The van der Waals surface area contributed by atoms with Gasteiger partial charge in [0.25, 0.3) is 0 Å². The molecule has 0 heterocycles. The summed E-state index contributed by atoms with van der Waals surface area (Å²) in [6.07, 6.45) is 0. The highest BCUT2D eigenvalue weighted by Gasteiger charge is 2.45. The smallest absolute Gasteiger partial charge is 0.0465 e. The minimum atomic E-state index is 0.242. The minimum Gasteiger partial charge on any atom is -0.396 e. The van der Waals surface area contributed by atoms with Gasteiger partial charge in [-0.25, -0.2) is 0 Å². The molecule has 8 heavy (non-hydrogen) atoms. The Morgan fingerprint density at radius 1 is 1.12 bits per heavy atom. The van der Waals surface area contributed by atoms with Crippen LogP contribution >= 0.6 is 0 Å². The van der Waals surface area contributed by atoms with E-state index in [1.807, 2.05) is 0 Å². The number of hydrogen-bond donors (Lipinski definition) is 2. The molecule has 48 valence electrons. The molecule has 2 atom stereocenters. The minimum absolute atomic E-state index is 0.242. The molecule has 0 saturated heterocycles. The van der Waals surface area contributed by atoms with Crippen molar-refractivity contribution < 1.29 is 10.2 Å². The monoisotopic (exact) mass is 116 g/mol. The molecule has 0 radical (unpaired) electrons. The Hall–Kier alpha value is -0.0800. The maximum absolute atomic E-state index is 8.57. The first kappa shape index (κ1) is 6.05. The number of aliphatic hydroxyl groups excluding tert-OH is 2. The normalized spacial score (nSPS) is 44.6. The van der Waals surface area contributed by atoms with E-state index in [0.717, 1.165) is 0 Å². The van der Waals surface area contributed by atoms with Crippen molar-refractivity contribution >= 4 is 0 Å². The first-order valence-corrected chi connectivity index (χ1v) is 3.03. The van der Waals surface area contributed by atoms with Crippen molar-refractivity contribution in [2.24, 2.45) is 17.8 Å². The van der Waals surface area contributed by atoms with Crippen molar-refractivity contribution in [3.8, 4) is 0 Å². The largest absolute Gasteiger partial charge is 0.396 e. The Kier molecular flexibility index (Phi) is 1.54. The molecule has 1 aliphatic carbocycles. The lowest BCUT2D eigenvalue weighted by Crippen LogP contribution is -1.91. The second kappa shape index (κ2) is 2.03. The van der Waals surface area contributed by atoms with Gasteiger partial charge in [-0.2, -0.15) is 0 Å². The molecule has 1 aliphatic rings. The van der Waals surface area contributed by atoms with Crippen LogP contribution in [0.15, 0.2) is 0 Å². The van der Waals surface area contributed by atoms with Gasteiger partial charge in [0.2, 0.25) is 0 Å². The average molecular weight is 116 g/mol. The summed E-state index contributed by atoms with van der Waals surface area (Å²) in [5, 5.41) is 17.1. The summed E-state index contributed by atoms with van der Waals surface area (Å²) in [7, 11) is 0. The van der Waals surface area contributed by atoms with E-state index in [0.29, 0.717) is 17.8 Å². The lowest BCUT2D eigenvalue weighted by Gasteiger charge is -1.84. The van der Waals surface area contributed by atoms with Crippen LogP contribution in [0.4, 0.5) is 0 Å². The van der Waals surface area contributed by atoms with Crippen molar-refractivity contribution in [2.45, 2.75) is 6.92 Å². The predicted octanol–water partition coefficient (Wildman–Crippen LogP) is -0.147. The molecule has 0 aromatic rings. The Morgan fingerprint density at radius 3 is 1.62 bits per heavy atom. The molecular formula is C6H12O2. The zero-order valence-corrected chi connectivity index (χ0v) is 5.04. The van der Waals surface area contributed by atoms with Gasteiger partial charge in [0.1, 0.15) is 0 Å². The Labute approximate surface area is 49.1 Å². The molecule has 1 saturated carbocycles. The van der Waals surface area contributed by atoms with Gasteiger partial charge in [0.05, 0.1) is 0 Å². The van der Waals surface area contributed by atoms with E-state index in [1.54, 1.807) is 0 Å². The Morgan fingerprint density at radius 2 is 1.50 bits per heavy atom. The van der Waals surface area contributed by atoms with Crippen LogP contribution in [-0.2, 0) is 0 Å². The van der Waals surface area contributed by atoms with Gasteiger partial charge in [-0.1, -0.05) is 6.92 Å². The summed E-state index contributed by atoms with van der Waals surface area (Å²) < 4.78 is 0. The van der Waals surface area contributed by atoms with Gasteiger partial charge < -0.3 is 10.2 Å². The first-order valence-electron chi connectivity index (χ1n) is 3.03. The van der Waals surface area contributed by atoms with Crippen LogP contribution < -0.4 is 0 Å². The highest BCUT2D eigenvalue weighted by Crippen LogP contribution is 2.44. The van der Waals surface area contributed by atoms with Gasteiger partial charge >= 0.3 is 0 Å². The van der Waals surface area contributed by atoms with Crippen LogP contribution in [0.3, 0.4) is 0 Å². The summed E-state index contributed by atoms with van der Waals surface area (Å²) in [6, 6.07) is 0. The van der Waals surface area contributed by atoms with Crippen LogP contribution in [0.1, 0.15) is 6.92 Å². The highest BCUT2D eigenvalue weighted by molar-refractivity contribution is 4.92. The van der Waals surface area contributed by atoms with Gasteiger partial charge in [0.15, 0.2) is 0 Å². The topological polar surface area (TPSA) is 40.5 Å². The summed E-state index contributed by atoms with van der Waals surface area (Å²) in [5.41, 5.74) is 0. The summed E-state index contributed by atoms with van der Waals surface area (Å²) in [5.74, 6) is 1.32. The molecule has 2 nitrogen and oxygen atoms in total. The van der Waals surface area contributed by atoms with Crippen molar-refractivity contribution in [3.63, 3.8) is 0 Å². The summed E-state index contributed by atoms with van der Waals surface area (Å²) in [6.45, 7) is 2.54. The average Bonchev–Trinajstić information content (AvgIpc) is 2.40. The molecule has 0 aliphatic heterocycles. The van der Waals surface area contributed by atoms with E-state index in [1.165, 1.54) is 0 Å². The molecule has 1 rings (SSSR count). The van der Waals surface area contributed by atoms with Crippen LogP contribution in [0.2, 0.25) is 0 Å². The quantitative estimate of drug-likeness (QED) is 0.527. The molecular weight excluding hydrogens is 104 g/mol. The van der Waals surface area contributed by atoms with Crippen LogP contribution in [-0.4, -0.2) is 23.4 Å². The van der Waals surface area contributed by atoms with E-state index in [4.69, 9.17) is 10.2 Å². The molecule has 1 fully saturated rings. The van der Waals surface area contributed by atoms with Gasteiger partial charge in [-0.15, -0.1) is 0 Å². The van der Waals surface area contributed by atoms with Crippen molar-refractivity contribution in [1.82, 2.24) is 0 Å². The summed E-state index contributed by atoms with van der Waals surface area (Å²) in [4.78, 5) is 0. The van der Waals surface area contributed by atoms with Crippen molar-refractivity contribution in [3.05, 3.63) is 0 Å². The second-order valence-electron chi connectivity index (χ2n) is 2.55. The zero-order valence-electron chi connectivity index (χ0n) is 5.04. The molecule has 0 aromatic carbocycles. The fraction of sp³-hybridized carbons (Fsp3) is 1.00. The maximum atomic E-state index is 8.57. The summed E-state index contributed by atoms with van der Waals surface area (Å²) >= 11 is 0. The fourth-order valence-corrected chi connectivity index (χ4v) is 1.24. The Bertz CT molecular complexity index is 72.6. The standard InChI is InChI=1S/C6H12O2/c1-4-5(2-7)6(4)3-8/h4-8H,2-3H2,1H3. The highest BCUT2D eigenvalue weighted by atomic mass is 16.3. The van der Waals surface area contributed by atoms with E-state index in [-0.39, 0.29) is 13.2 Å². The molecule has 0 spiro atoms. The van der Waals surface area contributed by atoms with E-state index < -0.39 is 0 Å². The van der Waals surface area contributed by atoms with Crippen LogP contribution in [0, 0.1) is 17.8 Å². The molecule has 2 N–H and O–H groups in total. The first-order chi connectivity index (χ1) is 3.81. The van der Waals surface area contributed by atoms with Crippen molar-refractivity contribution in [2.75, 3.05) is 13.2 Å². The zero-order chi connectivity index (χ0) is 6.15. The third-order valence-corrected chi connectivity index (χ3v) is 2.18. The molecule has 2 heteroatoms. The maximum Gasteiger partial charge on any atom is 0.0465 e. The Balaban J connectivity index is 2.23. The molecule has 0 bridgehead atoms. The van der Waals surface area contributed by atoms with E-state index in [2.05, 4.69) is 6.92 Å². The lowest BCUT2D eigenvalue weighted by atomic mass is 10.3. The predicted molar refractivity (Wildman–Crippen MR) is 30.3 cm³/mol. The van der Waals surface area contributed by atoms with E-state index >= 15 is 0 Å². The lowest BCUT2D eigenvalue weighted by molar-refractivity contribution is 0.232. The van der Waals surface area contributed by atoms with Crippen LogP contribution in [0.5, 0.6) is 0 Å². The molecule has 0 amide bonds. The third kappa shape index (κ3) is 0.740. The van der Waals surface area contributed by atoms with Crippen LogP contribution in [0.25, 0.3) is 0 Å². The second-order valence-corrected chi connectivity index (χ2v) is 2.55. The van der Waals surface area contributed by atoms with Gasteiger partial charge in [-0.05, 0) is 17.8 Å². The fourth-order valence-electron chi connectivity index (χ4n) is 1.24. The van der Waals surface area contributed by atoms with Crippen molar-refractivity contribution in [1.29, 1.82) is 0 Å². The number of aliphatic hydroxyl groups is 2. The molecule has 0 aromatic heterocycles. The molecule has 2 unspecified atom stereocenters. The number of rotatable bonds is 2. The van der Waals surface area contributed by atoms with Gasteiger partial charge in [0, 0.05) is 13.2 Å². The number of hydrogen-bond acceptors (Lipinski definition) is 2. The SMILES string of the molecule is CC1C(CO)C1CO. The van der Waals surface area contributed by atoms with E-state index in [9.17, 15) is 0 Å². The third-order valence-electron chi connectivity index (χ3n) is 2.18.